The summed E-state index contributed by atoms with van der Waals surface area (Å²) in [5.74, 6) is 4.70. The molecule has 0 aliphatic carbocycles. The third kappa shape index (κ3) is 1.48. The molecule has 1 atom stereocenters. The van der Waals surface area contributed by atoms with E-state index in [0.717, 1.165) is 5.82 Å². The highest BCUT2D eigenvalue weighted by molar-refractivity contribution is 5.28. The van der Waals surface area contributed by atoms with Gasteiger partial charge in [-0.3, -0.25) is 0 Å². The lowest BCUT2D eigenvalue weighted by molar-refractivity contribution is 0.529. The summed E-state index contributed by atoms with van der Waals surface area (Å²) in [5, 5.41) is 2.81. The monoisotopic (exact) mass is 150 g/mol. The first kappa shape index (κ1) is 8.00. The van der Waals surface area contributed by atoms with Crippen LogP contribution >= 0.6 is 0 Å². The largest absolute Gasteiger partial charge is 0.385 e. The number of nitrogens with one attached hydrogen (secondary N) is 1. The molecule has 0 aromatic carbocycles. The zero-order valence-corrected chi connectivity index (χ0v) is 7.23. The van der Waals surface area contributed by atoms with Crippen molar-refractivity contribution in [1.29, 1.82) is 0 Å². The molecule has 0 spiro atoms. The van der Waals surface area contributed by atoms with Crippen molar-refractivity contribution < 1.29 is 0 Å². The van der Waals surface area contributed by atoms with Gasteiger partial charge in [0.05, 0.1) is 0 Å². The summed E-state index contributed by atoms with van der Waals surface area (Å²) in [6, 6.07) is 2.81. The van der Waals surface area contributed by atoms with Gasteiger partial charge >= 0.3 is 0 Å². The molecule has 3 N–H and O–H groups in total. The molecule has 0 radical (unpaired) electrons. The summed E-state index contributed by atoms with van der Waals surface area (Å²) in [7, 11) is 0. The highest BCUT2D eigenvalue weighted by Crippen LogP contribution is 2.21. The van der Waals surface area contributed by atoms with Crippen LogP contribution in [-0.2, 0) is 0 Å². The van der Waals surface area contributed by atoms with Crippen molar-refractivity contribution in [2.75, 3.05) is 0 Å². The zero-order valence-electron chi connectivity index (χ0n) is 7.23. The average molecular weight is 150 g/mol. The lowest BCUT2D eigenvalue weighted by Crippen LogP contribution is -2.25. The van der Waals surface area contributed by atoms with Crippen molar-refractivity contribution in [3.8, 4) is 12.0 Å². The predicted octanol–water partition coefficient (Wildman–Crippen LogP) is 1.01. The van der Waals surface area contributed by atoms with Crippen molar-refractivity contribution >= 4 is 0 Å². The van der Waals surface area contributed by atoms with Crippen LogP contribution in [0.5, 0.6) is 0 Å². The molecule has 2 heteroatoms. The summed E-state index contributed by atoms with van der Waals surface area (Å²) in [6.07, 6.45) is 0. The van der Waals surface area contributed by atoms with Crippen molar-refractivity contribution in [3.05, 3.63) is 11.4 Å². The van der Waals surface area contributed by atoms with Gasteiger partial charge in [-0.05, 0) is 18.4 Å². The summed E-state index contributed by atoms with van der Waals surface area (Å²) >= 11 is 0. The maximum absolute atomic E-state index is 5.67. The van der Waals surface area contributed by atoms with Gasteiger partial charge in [-0.15, -0.1) is 0 Å². The molecule has 11 heavy (non-hydrogen) atoms. The number of nitrogens with two attached hydrogens (primary N) is 1. The maximum atomic E-state index is 5.67. The fourth-order valence-electron chi connectivity index (χ4n) is 1.22. The molecule has 1 aliphatic rings. The third-order valence-electron chi connectivity index (χ3n) is 1.98. The number of rotatable bonds is 1. The van der Waals surface area contributed by atoms with E-state index in [1.54, 1.807) is 0 Å². The quantitative estimate of drug-likeness (QED) is 0.547. The molecule has 1 heterocycles. The Morgan fingerprint density at radius 1 is 1.55 bits per heavy atom. The molecule has 0 unspecified atom stereocenters. The van der Waals surface area contributed by atoms with Crippen LogP contribution in [0.2, 0.25) is 0 Å². The first-order valence-electron chi connectivity index (χ1n) is 3.85. The Balaban J connectivity index is 2.86. The fourth-order valence-corrected chi connectivity index (χ4v) is 1.22. The summed E-state index contributed by atoms with van der Waals surface area (Å²) in [5.41, 5.74) is 6.84. The van der Waals surface area contributed by atoms with E-state index in [-0.39, 0.29) is 0 Å². The predicted molar refractivity (Wildman–Crippen MR) is 46.1 cm³/mol. The van der Waals surface area contributed by atoms with Crippen molar-refractivity contribution in [2.24, 2.45) is 17.6 Å². The van der Waals surface area contributed by atoms with Crippen molar-refractivity contribution in [2.45, 2.75) is 20.8 Å². The van der Waals surface area contributed by atoms with Gasteiger partial charge in [-0.1, -0.05) is 19.8 Å². The van der Waals surface area contributed by atoms with Crippen LogP contribution < -0.4 is 11.1 Å². The molecular weight excluding hydrogens is 136 g/mol. The van der Waals surface area contributed by atoms with Gasteiger partial charge < -0.3 is 11.1 Å². The topological polar surface area (TPSA) is 38.0 Å². The van der Waals surface area contributed by atoms with E-state index in [2.05, 4.69) is 31.1 Å². The SMILES string of the molecule is CC1=C(N)NC#C[C@@H]1C(C)C. The van der Waals surface area contributed by atoms with Crippen LogP contribution in [-0.4, -0.2) is 0 Å². The lowest BCUT2D eigenvalue weighted by atomic mass is 9.89. The molecule has 0 aromatic heterocycles. The molecule has 1 aliphatic heterocycles. The van der Waals surface area contributed by atoms with Crippen LogP contribution in [0, 0.1) is 23.8 Å². The fraction of sp³-hybridized carbons (Fsp3) is 0.556. The van der Waals surface area contributed by atoms with Crippen LogP contribution in [0.3, 0.4) is 0 Å². The zero-order chi connectivity index (χ0) is 8.43. The molecular formula is C9H14N2. The lowest BCUT2D eigenvalue weighted by Gasteiger charge is -2.20. The molecule has 0 bridgehead atoms. The van der Waals surface area contributed by atoms with E-state index in [4.69, 9.17) is 5.73 Å². The highest BCUT2D eigenvalue weighted by atomic mass is 15.0. The smallest absolute Gasteiger partial charge is 0.108 e. The molecule has 0 aromatic rings. The van der Waals surface area contributed by atoms with E-state index in [1.807, 2.05) is 6.92 Å². The minimum absolute atomic E-state index is 0.330. The van der Waals surface area contributed by atoms with Crippen LogP contribution in [0.25, 0.3) is 0 Å². The molecule has 2 nitrogen and oxygen atoms in total. The average Bonchev–Trinajstić information content (AvgIpc) is 1.94. The molecule has 60 valence electrons. The molecule has 0 saturated heterocycles. The first-order valence-corrected chi connectivity index (χ1v) is 3.85. The Bertz CT molecular complexity index is 240. The Hall–Kier alpha value is -1.10. The van der Waals surface area contributed by atoms with Gasteiger partial charge in [-0.2, -0.15) is 0 Å². The molecule has 0 amide bonds. The van der Waals surface area contributed by atoms with Gasteiger partial charge in [0, 0.05) is 12.0 Å². The van der Waals surface area contributed by atoms with E-state index in [9.17, 15) is 0 Å². The van der Waals surface area contributed by atoms with Crippen LogP contribution in [0.15, 0.2) is 11.4 Å². The Morgan fingerprint density at radius 3 is 2.64 bits per heavy atom. The third-order valence-corrected chi connectivity index (χ3v) is 1.98. The highest BCUT2D eigenvalue weighted by Gasteiger charge is 2.17. The second kappa shape index (κ2) is 2.87. The number of hydrogen-bond donors (Lipinski definition) is 2. The summed E-state index contributed by atoms with van der Waals surface area (Å²) in [6.45, 7) is 6.34. The Morgan fingerprint density at radius 2 is 2.18 bits per heavy atom. The van der Waals surface area contributed by atoms with E-state index < -0.39 is 0 Å². The van der Waals surface area contributed by atoms with Crippen molar-refractivity contribution in [1.82, 2.24) is 5.32 Å². The second-order valence-corrected chi connectivity index (χ2v) is 3.21. The van der Waals surface area contributed by atoms with Crippen LogP contribution in [0.4, 0.5) is 0 Å². The van der Waals surface area contributed by atoms with Crippen molar-refractivity contribution in [3.63, 3.8) is 0 Å². The minimum Gasteiger partial charge on any atom is -0.385 e. The van der Waals surface area contributed by atoms with Crippen LogP contribution in [0.1, 0.15) is 20.8 Å². The summed E-state index contributed by atoms with van der Waals surface area (Å²) in [4.78, 5) is 0. The Kier molecular flexibility index (Phi) is 2.09. The maximum Gasteiger partial charge on any atom is 0.108 e. The van der Waals surface area contributed by atoms with Gasteiger partial charge in [0.15, 0.2) is 0 Å². The van der Waals surface area contributed by atoms with E-state index >= 15 is 0 Å². The van der Waals surface area contributed by atoms with Gasteiger partial charge in [-0.25, -0.2) is 0 Å². The molecule has 0 fully saturated rings. The molecule has 0 saturated carbocycles. The van der Waals surface area contributed by atoms with E-state index in [0.29, 0.717) is 11.8 Å². The van der Waals surface area contributed by atoms with Gasteiger partial charge in [0.25, 0.3) is 0 Å². The number of allylic oxidation sites excluding steroid dienone is 1. The molecule has 1 rings (SSSR count). The summed E-state index contributed by atoms with van der Waals surface area (Å²) < 4.78 is 0. The number of hydrogen-bond acceptors (Lipinski definition) is 2. The van der Waals surface area contributed by atoms with Gasteiger partial charge in [0.2, 0.25) is 0 Å². The minimum atomic E-state index is 0.330. The standard InChI is InChI=1S/C9H14N2/c1-6(2)8-4-5-11-9(10)7(8)3/h6,8,11H,10H2,1-3H3/t8-/m1/s1. The van der Waals surface area contributed by atoms with E-state index in [1.165, 1.54) is 5.57 Å². The van der Waals surface area contributed by atoms with Gasteiger partial charge in [0.1, 0.15) is 5.82 Å². The normalized spacial score (nSPS) is 22.7. The second-order valence-electron chi connectivity index (χ2n) is 3.21. The first-order chi connectivity index (χ1) is 5.13. The Labute approximate surface area is 67.9 Å².